The molecule has 1 aromatic heterocycles. The SMILES string of the molecule is CC1(C)CC(=O)C2=C(C1)Nc1nnnn1[C@@H]2c1cccc(Cl)c1. The van der Waals surface area contributed by atoms with Gasteiger partial charge < -0.3 is 5.32 Å². The number of aromatic nitrogens is 4. The first-order valence-electron chi connectivity index (χ1n) is 7.51. The smallest absolute Gasteiger partial charge is 0.248 e. The van der Waals surface area contributed by atoms with Crippen molar-refractivity contribution in [1.82, 2.24) is 20.2 Å². The van der Waals surface area contributed by atoms with Crippen molar-refractivity contribution in [3.8, 4) is 0 Å². The summed E-state index contributed by atoms with van der Waals surface area (Å²) in [6.45, 7) is 4.20. The Hall–Kier alpha value is -2.21. The quantitative estimate of drug-likeness (QED) is 0.870. The van der Waals surface area contributed by atoms with Crippen LogP contribution in [0.5, 0.6) is 0 Å². The summed E-state index contributed by atoms with van der Waals surface area (Å²) in [5.74, 6) is 0.689. The number of nitrogens with zero attached hydrogens (tertiary/aromatic N) is 4. The molecule has 0 radical (unpaired) electrons. The van der Waals surface area contributed by atoms with Gasteiger partial charge in [0.05, 0.1) is 0 Å². The molecule has 2 aliphatic rings. The van der Waals surface area contributed by atoms with E-state index < -0.39 is 0 Å². The first-order valence-corrected chi connectivity index (χ1v) is 7.89. The molecule has 6 nitrogen and oxygen atoms in total. The summed E-state index contributed by atoms with van der Waals surface area (Å²) in [5, 5.41) is 15.7. The van der Waals surface area contributed by atoms with E-state index in [4.69, 9.17) is 11.6 Å². The van der Waals surface area contributed by atoms with Crippen LogP contribution in [0.3, 0.4) is 0 Å². The minimum Gasteiger partial charge on any atom is -0.326 e. The Kier molecular flexibility index (Phi) is 3.06. The molecule has 2 heterocycles. The predicted octanol–water partition coefficient (Wildman–Crippen LogP) is 2.98. The van der Waals surface area contributed by atoms with Gasteiger partial charge in [0.1, 0.15) is 6.04 Å². The number of carbonyl (C=O) groups is 1. The second-order valence-electron chi connectivity index (χ2n) is 6.86. The van der Waals surface area contributed by atoms with Crippen LogP contribution in [-0.2, 0) is 4.79 Å². The van der Waals surface area contributed by atoms with Crippen LogP contribution in [0.15, 0.2) is 35.5 Å². The van der Waals surface area contributed by atoms with Crippen molar-refractivity contribution >= 4 is 23.3 Å². The van der Waals surface area contributed by atoms with Gasteiger partial charge in [0.15, 0.2) is 5.78 Å². The zero-order valence-electron chi connectivity index (χ0n) is 12.9. The molecule has 0 fully saturated rings. The lowest BCUT2D eigenvalue weighted by atomic mass is 9.73. The van der Waals surface area contributed by atoms with Gasteiger partial charge in [-0.3, -0.25) is 4.79 Å². The Labute approximate surface area is 138 Å². The van der Waals surface area contributed by atoms with E-state index in [1.165, 1.54) is 0 Å². The molecular weight excluding hydrogens is 314 g/mol. The average molecular weight is 330 g/mol. The Morgan fingerprint density at radius 2 is 2.17 bits per heavy atom. The second kappa shape index (κ2) is 4.89. The van der Waals surface area contributed by atoms with Crippen LogP contribution < -0.4 is 5.32 Å². The summed E-state index contributed by atoms with van der Waals surface area (Å²) in [4.78, 5) is 12.8. The molecule has 1 aliphatic heterocycles. The molecule has 118 valence electrons. The minimum atomic E-state index is -0.335. The van der Waals surface area contributed by atoms with Crippen LogP contribution in [0, 0.1) is 5.41 Å². The molecule has 1 N–H and O–H groups in total. The fourth-order valence-electron chi connectivity index (χ4n) is 3.46. The van der Waals surface area contributed by atoms with Crippen LogP contribution in [0.2, 0.25) is 5.02 Å². The number of nitrogens with one attached hydrogen (secondary N) is 1. The maximum Gasteiger partial charge on any atom is 0.248 e. The number of anilines is 1. The third-order valence-corrected chi connectivity index (χ3v) is 4.59. The molecule has 1 aromatic carbocycles. The van der Waals surface area contributed by atoms with Gasteiger partial charge in [-0.2, -0.15) is 4.68 Å². The molecule has 1 atom stereocenters. The van der Waals surface area contributed by atoms with Crippen LogP contribution in [0.1, 0.15) is 38.3 Å². The summed E-state index contributed by atoms with van der Waals surface area (Å²) in [7, 11) is 0. The normalized spacial score (nSPS) is 22.4. The summed E-state index contributed by atoms with van der Waals surface area (Å²) in [6, 6.07) is 7.17. The second-order valence-corrected chi connectivity index (χ2v) is 7.30. The maximum absolute atomic E-state index is 12.8. The topological polar surface area (TPSA) is 72.7 Å². The predicted molar refractivity (Wildman–Crippen MR) is 86.1 cm³/mol. The van der Waals surface area contributed by atoms with E-state index in [9.17, 15) is 4.79 Å². The van der Waals surface area contributed by atoms with Crippen LogP contribution in [0.25, 0.3) is 0 Å². The molecule has 7 heteroatoms. The van der Waals surface area contributed by atoms with Gasteiger partial charge >= 0.3 is 0 Å². The van der Waals surface area contributed by atoms with Crippen molar-refractivity contribution in [2.45, 2.75) is 32.7 Å². The van der Waals surface area contributed by atoms with Crippen molar-refractivity contribution in [2.24, 2.45) is 5.41 Å². The highest BCUT2D eigenvalue weighted by atomic mass is 35.5. The van der Waals surface area contributed by atoms with Crippen LogP contribution >= 0.6 is 11.6 Å². The number of halogens is 1. The average Bonchev–Trinajstić information content (AvgIpc) is 2.91. The molecule has 2 aromatic rings. The van der Waals surface area contributed by atoms with Crippen molar-refractivity contribution < 1.29 is 4.79 Å². The van der Waals surface area contributed by atoms with E-state index in [2.05, 4.69) is 34.7 Å². The monoisotopic (exact) mass is 329 g/mol. The number of rotatable bonds is 1. The molecule has 0 unspecified atom stereocenters. The zero-order chi connectivity index (χ0) is 16.2. The lowest BCUT2D eigenvalue weighted by Gasteiger charge is -2.37. The summed E-state index contributed by atoms with van der Waals surface area (Å²) >= 11 is 6.14. The van der Waals surface area contributed by atoms with Gasteiger partial charge in [0.25, 0.3) is 0 Å². The Morgan fingerprint density at radius 1 is 1.35 bits per heavy atom. The number of hydrogen-bond acceptors (Lipinski definition) is 5. The van der Waals surface area contributed by atoms with Gasteiger partial charge in [-0.25, -0.2) is 0 Å². The number of ketones is 1. The number of allylic oxidation sites excluding steroid dienone is 2. The number of fused-ring (bicyclic) bond motifs is 1. The van der Waals surface area contributed by atoms with E-state index >= 15 is 0 Å². The summed E-state index contributed by atoms with van der Waals surface area (Å²) in [6.07, 6.45) is 1.31. The first kappa shape index (κ1) is 14.4. The number of carbonyl (C=O) groups excluding carboxylic acids is 1. The van der Waals surface area contributed by atoms with E-state index in [0.29, 0.717) is 17.4 Å². The van der Waals surface area contributed by atoms with Gasteiger partial charge in [0, 0.05) is 22.7 Å². The lowest BCUT2D eigenvalue weighted by Crippen LogP contribution is -2.36. The molecule has 0 saturated heterocycles. The fourth-order valence-corrected chi connectivity index (χ4v) is 3.65. The van der Waals surface area contributed by atoms with Crippen molar-refractivity contribution in [3.05, 3.63) is 46.1 Å². The van der Waals surface area contributed by atoms with E-state index in [1.807, 2.05) is 24.3 Å². The zero-order valence-corrected chi connectivity index (χ0v) is 13.6. The molecular formula is C16H16ClN5O. The van der Waals surface area contributed by atoms with E-state index in [0.717, 1.165) is 23.3 Å². The third kappa shape index (κ3) is 2.34. The van der Waals surface area contributed by atoms with Gasteiger partial charge in [-0.1, -0.05) is 42.7 Å². The molecule has 0 saturated carbocycles. The highest BCUT2D eigenvalue weighted by Crippen LogP contribution is 2.45. The summed E-state index contributed by atoms with van der Waals surface area (Å²) in [5.41, 5.74) is 2.50. The molecule has 4 rings (SSSR count). The Balaban J connectivity index is 1.91. The highest BCUT2D eigenvalue weighted by Gasteiger charge is 2.41. The van der Waals surface area contributed by atoms with Gasteiger partial charge in [0.2, 0.25) is 5.95 Å². The number of hydrogen-bond donors (Lipinski definition) is 1. The number of tetrazole rings is 1. The standard InChI is InChI=1S/C16H16ClN5O/c1-16(2)7-11-13(12(23)8-16)14(9-4-3-5-10(17)6-9)22-15(18-11)19-20-21-22/h3-6,14H,7-8H2,1-2H3,(H,18,19,21)/t14-/m1/s1. The van der Waals surface area contributed by atoms with Gasteiger partial charge in [-0.05, 0) is 40.0 Å². The molecule has 0 amide bonds. The summed E-state index contributed by atoms with van der Waals surface area (Å²) < 4.78 is 1.65. The first-order chi connectivity index (χ1) is 10.9. The molecule has 0 spiro atoms. The highest BCUT2D eigenvalue weighted by molar-refractivity contribution is 6.30. The van der Waals surface area contributed by atoms with Gasteiger partial charge in [-0.15, -0.1) is 0 Å². The molecule has 23 heavy (non-hydrogen) atoms. The molecule has 1 aliphatic carbocycles. The largest absolute Gasteiger partial charge is 0.326 e. The lowest BCUT2D eigenvalue weighted by molar-refractivity contribution is -0.118. The van der Waals surface area contributed by atoms with E-state index in [-0.39, 0.29) is 17.2 Å². The minimum absolute atomic E-state index is 0.0720. The number of benzene rings is 1. The van der Waals surface area contributed by atoms with Crippen molar-refractivity contribution in [3.63, 3.8) is 0 Å². The van der Waals surface area contributed by atoms with Crippen molar-refractivity contribution in [1.29, 1.82) is 0 Å². The van der Waals surface area contributed by atoms with Crippen molar-refractivity contribution in [2.75, 3.05) is 5.32 Å². The Morgan fingerprint density at radius 3 is 2.96 bits per heavy atom. The maximum atomic E-state index is 12.8. The molecule has 0 bridgehead atoms. The number of Topliss-reactive ketones (excluding diaryl/α,β-unsaturated/α-hetero) is 1. The third-order valence-electron chi connectivity index (χ3n) is 4.36. The fraction of sp³-hybridized carbons (Fsp3) is 0.375. The van der Waals surface area contributed by atoms with Crippen LogP contribution in [0.4, 0.5) is 5.95 Å². The van der Waals surface area contributed by atoms with Crippen LogP contribution in [-0.4, -0.2) is 26.0 Å². The Bertz CT molecular complexity index is 839. The van der Waals surface area contributed by atoms with E-state index in [1.54, 1.807) is 4.68 Å².